The van der Waals surface area contributed by atoms with Gasteiger partial charge in [0.2, 0.25) is 0 Å². The summed E-state index contributed by atoms with van der Waals surface area (Å²) in [5.74, 6) is 0.717. The first-order valence-electron chi connectivity index (χ1n) is 23.2. The molecule has 0 atom stereocenters. The van der Waals surface area contributed by atoms with Crippen LogP contribution in [-0.4, -0.2) is 16.7 Å². The minimum absolute atomic E-state index is 0.0120. The standard InChI is InChI=1S/C58H71BN4/c1-53(2,3)37-20-22-45-47(34-37)62(43-30-39(55(7,8)9)28-40(31-43)56(10,11)12)49-26-36(52-60-24-19-25-61-52)27-50-51(49)59(45)46-23-21-38(54(4,5)6)35-48(46)63(50)44-32-41(57(13,14)15)29-42(33-44)58(16,17)18/h19-35H,1-18H3. The second kappa shape index (κ2) is 14.7. The van der Waals surface area contributed by atoms with Crippen molar-refractivity contribution in [3.63, 3.8) is 0 Å². The van der Waals surface area contributed by atoms with Crippen molar-refractivity contribution >= 4 is 57.2 Å². The summed E-state index contributed by atoms with van der Waals surface area (Å²) in [5, 5.41) is 0. The average Bonchev–Trinajstić information content (AvgIpc) is 3.18. The summed E-state index contributed by atoms with van der Waals surface area (Å²) in [6.07, 6.45) is 3.73. The van der Waals surface area contributed by atoms with Crippen molar-refractivity contribution in [2.24, 2.45) is 0 Å². The molecule has 5 aromatic carbocycles. The van der Waals surface area contributed by atoms with Gasteiger partial charge in [0, 0.05) is 52.1 Å². The van der Waals surface area contributed by atoms with E-state index in [1.165, 1.54) is 83.9 Å². The van der Waals surface area contributed by atoms with Gasteiger partial charge in [-0.05, 0) is 137 Å². The van der Waals surface area contributed by atoms with Crippen molar-refractivity contribution in [1.29, 1.82) is 0 Å². The maximum absolute atomic E-state index is 4.92. The van der Waals surface area contributed by atoms with Gasteiger partial charge in [-0.25, -0.2) is 9.97 Å². The van der Waals surface area contributed by atoms with E-state index in [9.17, 15) is 0 Å². The third kappa shape index (κ3) is 8.15. The van der Waals surface area contributed by atoms with Crippen LogP contribution in [0.3, 0.4) is 0 Å². The highest BCUT2D eigenvalue weighted by atomic mass is 15.2. The van der Waals surface area contributed by atoms with Crippen molar-refractivity contribution in [3.8, 4) is 11.4 Å². The minimum atomic E-state index is -0.0626. The Morgan fingerprint density at radius 2 is 0.698 bits per heavy atom. The first kappa shape index (κ1) is 44.5. The maximum Gasteiger partial charge on any atom is 0.252 e. The molecule has 0 bridgehead atoms. The van der Waals surface area contributed by atoms with Crippen molar-refractivity contribution in [1.82, 2.24) is 9.97 Å². The van der Waals surface area contributed by atoms with Crippen molar-refractivity contribution in [2.45, 2.75) is 157 Å². The first-order valence-corrected chi connectivity index (χ1v) is 23.2. The van der Waals surface area contributed by atoms with E-state index in [1.54, 1.807) is 0 Å². The predicted octanol–water partition coefficient (Wildman–Crippen LogP) is 14.0. The lowest BCUT2D eigenvalue weighted by molar-refractivity contribution is 0.568. The number of fused-ring (bicyclic) bond motifs is 4. The molecule has 0 unspecified atom stereocenters. The van der Waals surface area contributed by atoms with E-state index in [2.05, 4.69) is 219 Å². The molecule has 63 heavy (non-hydrogen) atoms. The smallest absolute Gasteiger partial charge is 0.252 e. The Hall–Kier alpha value is -5.16. The predicted molar refractivity (Wildman–Crippen MR) is 274 cm³/mol. The Labute approximate surface area is 380 Å². The van der Waals surface area contributed by atoms with Gasteiger partial charge in [0.15, 0.2) is 5.82 Å². The first-order chi connectivity index (χ1) is 29.0. The third-order valence-corrected chi connectivity index (χ3v) is 13.4. The van der Waals surface area contributed by atoms with Crippen LogP contribution in [0.1, 0.15) is 158 Å². The Balaban J connectivity index is 1.58. The highest BCUT2D eigenvalue weighted by molar-refractivity contribution is 7.00. The monoisotopic (exact) mass is 835 g/mol. The normalized spacial score (nSPS) is 14.4. The molecule has 0 amide bonds. The average molecular weight is 835 g/mol. The summed E-state index contributed by atoms with van der Waals surface area (Å²) in [7, 11) is 0. The quantitative estimate of drug-likeness (QED) is 0.166. The molecule has 5 heteroatoms. The molecule has 1 aromatic heterocycles. The summed E-state index contributed by atoms with van der Waals surface area (Å²) >= 11 is 0. The van der Waals surface area contributed by atoms with Gasteiger partial charge in [0.25, 0.3) is 6.71 Å². The van der Waals surface area contributed by atoms with Crippen LogP contribution < -0.4 is 26.2 Å². The van der Waals surface area contributed by atoms with Crippen LogP contribution in [0.4, 0.5) is 34.1 Å². The van der Waals surface area contributed by atoms with Crippen LogP contribution >= 0.6 is 0 Å². The SMILES string of the molecule is CC(C)(C)c1cc(N2c3cc(C(C)(C)C)ccc3B3c4ccc(C(C)(C)C)cc4N(c4cc(C(C)(C)C)cc(C(C)(C)C)c4)c4cc(-c5ncccn5)cc2c43)cc(C(C)(C)C)c1. The summed E-state index contributed by atoms with van der Waals surface area (Å²) < 4.78 is 0. The van der Waals surface area contributed by atoms with E-state index in [0.717, 1.165) is 5.56 Å². The fourth-order valence-corrected chi connectivity index (χ4v) is 9.27. The van der Waals surface area contributed by atoms with E-state index >= 15 is 0 Å². The van der Waals surface area contributed by atoms with Gasteiger partial charge in [-0.2, -0.15) is 0 Å². The molecule has 0 N–H and O–H groups in total. The van der Waals surface area contributed by atoms with E-state index < -0.39 is 0 Å². The fraction of sp³-hybridized carbons (Fsp3) is 0.414. The van der Waals surface area contributed by atoms with Gasteiger partial charge >= 0.3 is 0 Å². The summed E-state index contributed by atoms with van der Waals surface area (Å²) in [6.45, 7) is 42.0. The largest absolute Gasteiger partial charge is 0.311 e. The molecule has 0 aliphatic carbocycles. The van der Waals surface area contributed by atoms with Gasteiger partial charge < -0.3 is 9.80 Å². The van der Waals surface area contributed by atoms with Crippen LogP contribution in [0.15, 0.2) is 103 Å². The number of benzene rings is 5. The Morgan fingerprint density at radius 3 is 1.02 bits per heavy atom. The van der Waals surface area contributed by atoms with E-state index in [4.69, 9.17) is 9.97 Å². The molecule has 0 spiro atoms. The van der Waals surface area contributed by atoms with E-state index in [1.807, 2.05) is 18.5 Å². The molecule has 2 aliphatic rings. The summed E-state index contributed by atoms with van der Waals surface area (Å²) in [6, 6.07) is 36.0. The van der Waals surface area contributed by atoms with Gasteiger partial charge in [0.1, 0.15) is 0 Å². The number of rotatable bonds is 3. The Bertz CT molecular complexity index is 2510. The van der Waals surface area contributed by atoms with Crippen molar-refractivity contribution in [2.75, 3.05) is 9.80 Å². The van der Waals surface area contributed by atoms with Crippen LogP contribution in [0.25, 0.3) is 11.4 Å². The van der Waals surface area contributed by atoms with Crippen LogP contribution in [0, 0.1) is 0 Å². The van der Waals surface area contributed by atoms with Gasteiger partial charge in [0.05, 0.1) is 0 Å². The molecule has 2 aliphatic heterocycles. The number of hydrogen-bond donors (Lipinski definition) is 0. The van der Waals surface area contributed by atoms with Crippen LogP contribution in [0.5, 0.6) is 0 Å². The fourth-order valence-electron chi connectivity index (χ4n) is 9.27. The lowest BCUT2D eigenvalue weighted by Gasteiger charge is -2.45. The third-order valence-electron chi connectivity index (χ3n) is 13.4. The molecular weight excluding hydrogens is 763 g/mol. The molecule has 4 nitrogen and oxygen atoms in total. The highest BCUT2D eigenvalue weighted by Crippen LogP contribution is 2.49. The molecule has 0 saturated carbocycles. The zero-order valence-electron chi connectivity index (χ0n) is 41.7. The number of anilines is 6. The van der Waals surface area contributed by atoms with Crippen LogP contribution in [-0.2, 0) is 32.5 Å². The number of hydrogen-bond acceptors (Lipinski definition) is 4. The number of aromatic nitrogens is 2. The molecule has 0 saturated heterocycles. The van der Waals surface area contributed by atoms with E-state index in [0.29, 0.717) is 5.82 Å². The van der Waals surface area contributed by atoms with E-state index in [-0.39, 0.29) is 39.2 Å². The summed E-state index contributed by atoms with van der Waals surface area (Å²) in [4.78, 5) is 15.0. The lowest BCUT2D eigenvalue weighted by atomic mass is 9.33. The lowest BCUT2D eigenvalue weighted by Crippen LogP contribution is -2.61. The van der Waals surface area contributed by atoms with Gasteiger partial charge in [-0.15, -0.1) is 0 Å². The van der Waals surface area contributed by atoms with Crippen LogP contribution in [0.2, 0.25) is 0 Å². The minimum Gasteiger partial charge on any atom is -0.311 e. The second-order valence-corrected chi connectivity index (χ2v) is 24.7. The van der Waals surface area contributed by atoms with Crippen molar-refractivity contribution < 1.29 is 0 Å². The summed E-state index contributed by atoms with van der Waals surface area (Å²) in [5.41, 5.74) is 19.7. The number of nitrogens with zero attached hydrogens (tertiary/aromatic N) is 4. The molecule has 6 aromatic rings. The molecule has 3 heterocycles. The van der Waals surface area contributed by atoms with Gasteiger partial charge in [-0.1, -0.05) is 161 Å². The van der Waals surface area contributed by atoms with Crippen molar-refractivity contribution in [3.05, 3.63) is 137 Å². The molecular formula is C58H71BN4. The maximum atomic E-state index is 4.92. The topological polar surface area (TPSA) is 32.3 Å². The Kier molecular flexibility index (Phi) is 10.4. The zero-order valence-corrected chi connectivity index (χ0v) is 41.7. The molecule has 8 rings (SSSR count). The molecule has 326 valence electrons. The van der Waals surface area contributed by atoms with Gasteiger partial charge in [-0.3, -0.25) is 0 Å². The molecule has 0 radical (unpaired) electrons. The highest BCUT2D eigenvalue weighted by Gasteiger charge is 2.45. The Morgan fingerprint density at radius 1 is 0.365 bits per heavy atom. The second-order valence-electron chi connectivity index (χ2n) is 24.7. The zero-order chi connectivity index (χ0) is 46.0. The molecule has 0 fully saturated rings.